The monoisotopic (exact) mass is 152 g/mol. The third kappa shape index (κ3) is 8.96. The summed E-state index contributed by atoms with van der Waals surface area (Å²) in [4.78, 5) is 0. The van der Waals surface area contributed by atoms with Crippen molar-refractivity contribution in [1.29, 1.82) is 0 Å². The van der Waals surface area contributed by atoms with Gasteiger partial charge in [-0.1, -0.05) is 46.0 Å². The molecule has 1 unspecified atom stereocenters. The Labute approximate surface area is 86.5 Å². The Kier molecular flexibility index (Phi) is 13.5. The van der Waals surface area contributed by atoms with E-state index in [1.807, 2.05) is 0 Å². The zero-order chi connectivity index (χ0) is 7.11. The van der Waals surface area contributed by atoms with Crippen LogP contribution in [-0.2, 0) is 0 Å². The van der Waals surface area contributed by atoms with Gasteiger partial charge in [0.15, 0.2) is 0 Å². The molecular formula is C8H17NaO. The Hall–Kier alpha value is 0.960. The standard InChI is InChI=1S/C8H17O.Na/c1-3-5-7-8(9)6-4-2;/h8H,3-7H2,1-2H3;/q-1;+1. The van der Waals surface area contributed by atoms with Crippen molar-refractivity contribution in [3.8, 4) is 0 Å². The van der Waals surface area contributed by atoms with Crippen molar-refractivity contribution >= 4 is 0 Å². The predicted octanol–water partition coefficient (Wildman–Crippen LogP) is -1.29. The van der Waals surface area contributed by atoms with Crippen molar-refractivity contribution in [3.63, 3.8) is 0 Å². The van der Waals surface area contributed by atoms with Gasteiger partial charge in [0.2, 0.25) is 0 Å². The van der Waals surface area contributed by atoms with Gasteiger partial charge in [0.05, 0.1) is 0 Å². The fourth-order valence-electron chi connectivity index (χ4n) is 0.898. The zero-order valence-corrected chi connectivity index (χ0v) is 9.52. The van der Waals surface area contributed by atoms with E-state index >= 15 is 0 Å². The van der Waals surface area contributed by atoms with Crippen LogP contribution < -0.4 is 34.7 Å². The normalized spacial score (nSPS) is 12.3. The van der Waals surface area contributed by atoms with E-state index in [0.717, 1.165) is 32.1 Å². The number of rotatable bonds is 5. The van der Waals surface area contributed by atoms with Gasteiger partial charge in [0, 0.05) is 0 Å². The van der Waals surface area contributed by atoms with Gasteiger partial charge in [-0.3, -0.25) is 0 Å². The fourth-order valence-corrected chi connectivity index (χ4v) is 0.898. The van der Waals surface area contributed by atoms with E-state index in [-0.39, 0.29) is 35.7 Å². The molecular weight excluding hydrogens is 135 g/mol. The first kappa shape index (κ1) is 13.5. The van der Waals surface area contributed by atoms with Gasteiger partial charge in [-0.2, -0.15) is 0 Å². The van der Waals surface area contributed by atoms with Crippen LogP contribution in [-0.4, -0.2) is 6.10 Å². The number of hydrogen-bond donors (Lipinski definition) is 0. The first-order valence-corrected chi connectivity index (χ1v) is 3.97. The Bertz CT molecular complexity index is 57.2. The summed E-state index contributed by atoms with van der Waals surface area (Å²) in [5.41, 5.74) is 0. The van der Waals surface area contributed by atoms with Crippen molar-refractivity contribution in [2.75, 3.05) is 0 Å². The van der Waals surface area contributed by atoms with Crippen LogP contribution in [0.25, 0.3) is 0 Å². The molecule has 1 atom stereocenters. The molecule has 0 N–H and O–H groups in total. The quantitative estimate of drug-likeness (QED) is 0.449. The van der Waals surface area contributed by atoms with E-state index in [1.165, 1.54) is 0 Å². The molecule has 0 radical (unpaired) electrons. The maximum absolute atomic E-state index is 10.9. The summed E-state index contributed by atoms with van der Waals surface area (Å²) in [7, 11) is 0. The van der Waals surface area contributed by atoms with Crippen molar-refractivity contribution < 1.29 is 34.7 Å². The fraction of sp³-hybridized carbons (Fsp3) is 1.00. The van der Waals surface area contributed by atoms with Crippen LogP contribution in [0.3, 0.4) is 0 Å². The van der Waals surface area contributed by atoms with Gasteiger partial charge in [-0.05, 0) is 0 Å². The van der Waals surface area contributed by atoms with Gasteiger partial charge in [0.25, 0.3) is 0 Å². The van der Waals surface area contributed by atoms with Gasteiger partial charge in [-0.25, -0.2) is 0 Å². The van der Waals surface area contributed by atoms with Crippen molar-refractivity contribution in [2.24, 2.45) is 0 Å². The topological polar surface area (TPSA) is 23.1 Å². The third-order valence-corrected chi connectivity index (χ3v) is 1.49. The molecule has 0 aromatic heterocycles. The van der Waals surface area contributed by atoms with E-state index in [0.29, 0.717) is 0 Å². The molecule has 0 aliphatic rings. The molecule has 0 aromatic carbocycles. The van der Waals surface area contributed by atoms with Crippen LogP contribution in [0.4, 0.5) is 0 Å². The second kappa shape index (κ2) is 9.96. The Morgan fingerprint density at radius 2 is 1.70 bits per heavy atom. The summed E-state index contributed by atoms with van der Waals surface area (Å²) >= 11 is 0. The molecule has 0 amide bonds. The van der Waals surface area contributed by atoms with Crippen LogP contribution in [0.5, 0.6) is 0 Å². The minimum absolute atomic E-state index is 0. The molecule has 56 valence electrons. The summed E-state index contributed by atoms with van der Waals surface area (Å²) in [6.07, 6.45) is 4.76. The number of hydrogen-bond acceptors (Lipinski definition) is 1. The van der Waals surface area contributed by atoms with Crippen LogP contribution in [0, 0.1) is 0 Å². The van der Waals surface area contributed by atoms with E-state index in [9.17, 15) is 5.11 Å². The summed E-state index contributed by atoms with van der Waals surface area (Å²) in [6, 6.07) is 0. The Morgan fingerprint density at radius 3 is 2.10 bits per heavy atom. The van der Waals surface area contributed by atoms with Crippen LogP contribution in [0.2, 0.25) is 0 Å². The van der Waals surface area contributed by atoms with Crippen LogP contribution >= 0.6 is 0 Å². The molecule has 0 saturated heterocycles. The van der Waals surface area contributed by atoms with Crippen LogP contribution in [0.15, 0.2) is 0 Å². The molecule has 2 heteroatoms. The van der Waals surface area contributed by atoms with Crippen molar-refractivity contribution in [2.45, 2.75) is 52.1 Å². The molecule has 0 bridgehead atoms. The molecule has 0 heterocycles. The SMILES string of the molecule is CCCCC([O-])CCC.[Na+]. The first-order valence-electron chi connectivity index (χ1n) is 3.97. The van der Waals surface area contributed by atoms with Crippen molar-refractivity contribution in [3.05, 3.63) is 0 Å². The molecule has 0 rings (SSSR count). The minimum Gasteiger partial charge on any atom is -0.852 e. The minimum atomic E-state index is -0.282. The van der Waals surface area contributed by atoms with Gasteiger partial charge < -0.3 is 5.11 Å². The van der Waals surface area contributed by atoms with E-state index in [1.54, 1.807) is 0 Å². The molecule has 0 fully saturated rings. The molecule has 1 nitrogen and oxygen atoms in total. The molecule has 10 heavy (non-hydrogen) atoms. The maximum atomic E-state index is 10.9. The molecule has 0 aromatic rings. The summed E-state index contributed by atoms with van der Waals surface area (Å²) < 4.78 is 0. The molecule has 0 saturated carbocycles. The van der Waals surface area contributed by atoms with Gasteiger partial charge >= 0.3 is 29.6 Å². The van der Waals surface area contributed by atoms with Crippen LogP contribution in [0.1, 0.15) is 46.0 Å². The second-order valence-corrected chi connectivity index (χ2v) is 2.55. The average Bonchev–Trinajstić information content (AvgIpc) is 1.85. The molecule has 0 spiro atoms. The van der Waals surface area contributed by atoms with Gasteiger partial charge in [0.1, 0.15) is 0 Å². The maximum Gasteiger partial charge on any atom is 1.00 e. The second-order valence-electron chi connectivity index (χ2n) is 2.55. The summed E-state index contributed by atoms with van der Waals surface area (Å²) in [5, 5.41) is 10.9. The molecule has 0 aliphatic heterocycles. The summed E-state index contributed by atoms with van der Waals surface area (Å²) in [6.45, 7) is 4.19. The molecule has 0 aliphatic carbocycles. The zero-order valence-electron chi connectivity index (χ0n) is 7.52. The van der Waals surface area contributed by atoms with E-state index in [2.05, 4.69) is 13.8 Å². The average molecular weight is 152 g/mol. The summed E-state index contributed by atoms with van der Waals surface area (Å²) in [5.74, 6) is 0. The largest absolute Gasteiger partial charge is 1.00 e. The van der Waals surface area contributed by atoms with Crippen molar-refractivity contribution in [1.82, 2.24) is 0 Å². The first-order chi connectivity index (χ1) is 4.31. The predicted molar refractivity (Wildman–Crippen MR) is 38.2 cm³/mol. The Balaban J connectivity index is 0. The van der Waals surface area contributed by atoms with E-state index < -0.39 is 0 Å². The smallest absolute Gasteiger partial charge is 0.852 e. The Morgan fingerprint density at radius 1 is 1.10 bits per heavy atom. The van der Waals surface area contributed by atoms with E-state index in [4.69, 9.17) is 0 Å². The van der Waals surface area contributed by atoms with Gasteiger partial charge in [-0.15, -0.1) is 6.10 Å². The number of unbranched alkanes of at least 4 members (excludes halogenated alkanes) is 1. The third-order valence-electron chi connectivity index (χ3n) is 1.49.